The number of ether oxygens (including phenoxy) is 2. The molecule has 7 atom stereocenters. The van der Waals surface area contributed by atoms with Crippen molar-refractivity contribution in [3.8, 4) is 0 Å². The number of amides is 1. The van der Waals surface area contributed by atoms with Crippen molar-refractivity contribution in [2.24, 2.45) is 5.73 Å². The molecule has 0 spiro atoms. The number of carbonyl (C=O) groups is 1. The molecule has 0 aromatic heterocycles. The zero-order valence-electron chi connectivity index (χ0n) is 28.5. The molecule has 1 aliphatic heterocycles. The van der Waals surface area contributed by atoms with Gasteiger partial charge in [-0.2, -0.15) is 0 Å². The highest BCUT2D eigenvalue weighted by Gasteiger charge is 2.44. The van der Waals surface area contributed by atoms with Crippen molar-refractivity contribution in [1.29, 1.82) is 0 Å². The van der Waals surface area contributed by atoms with Crippen LogP contribution in [-0.4, -0.2) is 94.1 Å². The maximum atomic E-state index is 12.8. The number of carbonyl (C=O) groups excluding carboxylic acids is 1. The first-order valence-electron chi connectivity index (χ1n) is 18.4. The summed E-state index contributed by atoms with van der Waals surface area (Å²) in [5, 5.41) is 53.9. The number of rotatable bonds is 30. The van der Waals surface area contributed by atoms with Gasteiger partial charge in [0.1, 0.15) is 24.4 Å². The Morgan fingerprint density at radius 3 is 1.73 bits per heavy atom. The molecule has 0 bridgehead atoms. The molecule has 45 heavy (non-hydrogen) atoms. The fourth-order valence-electron chi connectivity index (χ4n) is 5.99. The minimum atomic E-state index is -1.55. The van der Waals surface area contributed by atoms with Crippen LogP contribution in [0.3, 0.4) is 0 Å². The number of unbranched alkanes of at least 4 members (excludes halogenated alkanes) is 19. The Hall–Kier alpha value is -0.850. The van der Waals surface area contributed by atoms with Crippen LogP contribution < -0.4 is 11.1 Å². The lowest BCUT2D eigenvalue weighted by molar-refractivity contribution is -0.302. The molecule has 1 rings (SSSR count). The van der Waals surface area contributed by atoms with Gasteiger partial charge in [0.15, 0.2) is 6.29 Å². The van der Waals surface area contributed by atoms with Crippen LogP contribution in [0.5, 0.6) is 0 Å². The molecule has 0 saturated carbocycles. The highest BCUT2D eigenvalue weighted by atomic mass is 16.7. The van der Waals surface area contributed by atoms with Crippen molar-refractivity contribution >= 4 is 5.91 Å². The first kappa shape index (κ1) is 42.2. The first-order valence-corrected chi connectivity index (χ1v) is 18.4. The monoisotopic (exact) mass is 647 g/mol. The molecule has 1 amide bonds. The molecule has 268 valence electrons. The average molecular weight is 647 g/mol. The maximum absolute atomic E-state index is 12.8. The first-order chi connectivity index (χ1) is 21.8. The van der Waals surface area contributed by atoms with Gasteiger partial charge in [0.2, 0.25) is 5.91 Å². The molecule has 0 aromatic carbocycles. The molecule has 1 aliphatic rings. The van der Waals surface area contributed by atoms with Gasteiger partial charge >= 0.3 is 0 Å². The summed E-state index contributed by atoms with van der Waals surface area (Å²) in [4.78, 5) is 12.8. The van der Waals surface area contributed by atoms with Crippen molar-refractivity contribution in [1.82, 2.24) is 5.32 Å². The Labute approximate surface area is 273 Å². The SMILES string of the molecule is CCCCCCCCCCCCCCC[C@@H](O)[C@H](CO[C@H]1O[C@H](CO)[C@@H](O)[C@H](O)[C@H]1O)NC(=O)CCCCCCCCCCN. The summed E-state index contributed by atoms with van der Waals surface area (Å²) in [7, 11) is 0. The predicted molar refractivity (Wildman–Crippen MR) is 179 cm³/mol. The zero-order valence-corrected chi connectivity index (χ0v) is 28.5. The van der Waals surface area contributed by atoms with Crippen molar-refractivity contribution in [3.63, 3.8) is 0 Å². The van der Waals surface area contributed by atoms with E-state index < -0.39 is 49.5 Å². The Balaban J connectivity index is 2.43. The summed E-state index contributed by atoms with van der Waals surface area (Å²) >= 11 is 0. The fraction of sp³-hybridized carbons (Fsp3) is 0.971. The van der Waals surface area contributed by atoms with E-state index in [1.54, 1.807) is 0 Å². The van der Waals surface area contributed by atoms with Gasteiger partial charge in [0.05, 0.1) is 25.4 Å². The van der Waals surface area contributed by atoms with Crippen LogP contribution in [0.2, 0.25) is 0 Å². The largest absolute Gasteiger partial charge is 0.394 e. The molecular weight excluding hydrogens is 576 g/mol. The number of nitrogens with one attached hydrogen (secondary N) is 1. The van der Waals surface area contributed by atoms with E-state index in [1.807, 2.05) is 0 Å². The Morgan fingerprint density at radius 1 is 0.733 bits per heavy atom. The number of nitrogens with two attached hydrogens (primary N) is 1. The molecule has 1 saturated heterocycles. The lowest BCUT2D eigenvalue weighted by atomic mass is 9.99. The number of aliphatic hydroxyl groups excluding tert-OH is 5. The summed E-state index contributed by atoms with van der Waals surface area (Å²) in [6.07, 6.45) is 17.7. The van der Waals surface area contributed by atoms with Crippen LogP contribution in [-0.2, 0) is 14.3 Å². The van der Waals surface area contributed by atoms with Gasteiger partial charge in [-0.15, -0.1) is 0 Å². The Morgan fingerprint density at radius 2 is 1.22 bits per heavy atom. The lowest BCUT2D eigenvalue weighted by Crippen LogP contribution is -2.60. The fourth-order valence-corrected chi connectivity index (χ4v) is 5.99. The maximum Gasteiger partial charge on any atom is 0.220 e. The molecule has 0 aromatic rings. The van der Waals surface area contributed by atoms with Gasteiger partial charge in [0, 0.05) is 6.42 Å². The molecule has 1 fully saturated rings. The summed E-state index contributed by atoms with van der Waals surface area (Å²) in [6.45, 7) is 2.30. The minimum absolute atomic E-state index is 0.142. The second-order valence-electron chi connectivity index (χ2n) is 13.2. The van der Waals surface area contributed by atoms with E-state index in [1.165, 1.54) is 83.5 Å². The summed E-state index contributed by atoms with van der Waals surface area (Å²) < 4.78 is 11.2. The van der Waals surface area contributed by atoms with E-state index in [0.717, 1.165) is 57.9 Å². The second kappa shape index (κ2) is 28.2. The van der Waals surface area contributed by atoms with Gasteiger partial charge in [-0.25, -0.2) is 0 Å². The predicted octanol–water partition coefficient (Wildman–Crippen LogP) is 4.60. The molecule has 0 aliphatic carbocycles. The molecule has 8 N–H and O–H groups in total. The Bertz CT molecular complexity index is 686. The van der Waals surface area contributed by atoms with Gasteiger partial charge in [0.25, 0.3) is 0 Å². The summed E-state index contributed by atoms with van der Waals surface area (Å²) in [5.74, 6) is -0.162. The molecule has 1 heterocycles. The van der Waals surface area contributed by atoms with Crippen molar-refractivity contribution in [3.05, 3.63) is 0 Å². The molecule has 0 unspecified atom stereocenters. The van der Waals surface area contributed by atoms with Gasteiger partial charge < -0.3 is 46.1 Å². The van der Waals surface area contributed by atoms with E-state index in [2.05, 4.69) is 12.2 Å². The molecule has 10 heteroatoms. The number of aliphatic hydroxyl groups is 5. The molecular formula is C35H70N2O8. The number of hydrogen-bond donors (Lipinski definition) is 7. The summed E-state index contributed by atoms with van der Waals surface area (Å²) in [5.41, 5.74) is 5.54. The van der Waals surface area contributed by atoms with Crippen molar-refractivity contribution < 1.29 is 39.8 Å². The van der Waals surface area contributed by atoms with E-state index in [9.17, 15) is 30.3 Å². The van der Waals surface area contributed by atoms with Crippen LogP contribution in [0.25, 0.3) is 0 Å². The van der Waals surface area contributed by atoms with Crippen LogP contribution in [0.4, 0.5) is 0 Å². The van der Waals surface area contributed by atoms with E-state index in [-0.39, 0.29) is 12.5 Å². The molecule has 0 radical (unpaired) electrons. The standard InChI is InChI=1S/C35H70N2O8/c1-2-3-4-5-6-7-8-9-10-11-14-17-20-23-29(39)28(27-44-35-34(43)33(42)32(41)30(26-38)45-35)37-31(40)24-21-18-15-12-13-16-19-22-25-36/h28-30,32-35,38-39,41-43H,2-27,36H2,1H3,(H,37,40)/t28-,29+,30+,32+,33-,34+,35-/m0/s1. The molecule has 10 nitrogen and oxygen atoms in total. The third kappa shape index (κ3) is 20.2. The summed E-state index contributed by atoms with van der Waals surface area (Å²) in [6, 6.07) is -0.718. The van der Waals surface area contributed by atoms with Crippen molar-refractivity contribution in [2.45, 2.75) is 197 Å². The minimum Gasteiger partial charge on any atom is -0.394 e. The third-order valence-electron chi connectivity index (χ3n) is 9.06. The van der Waals surface area contributed by atoms with Gasteiger partial charge in [-0.1, -0.05) is 129 Å². The highest BCUT2D eigenvalue weighted by Crippen LogP contribution is 2.23. The van der Waals surface area contributed by atoms with Gasteiger partial charge in [-0.05, 0) is 25.8 Å². The van der Waals surface area contributed by atoms with Crippen LogP contribution in [0, 0.1) is 0 Å². The van der Waals surface area contributed by atoms with Crippen LogP contribution in [0.1, 0.15) is 155 Å². The smallest absolute Gasteiger partial charge is 0.220 e. The Kier molecular flexibility index (Phi) is 26.4. The quantitative estimate of drug-likeness (QED) is 0.0550. The van der Waals surface area contributed by atoms with E-state index in [0.29, 0.717) is 12.8 Å². The van der Waals surface area contributed by atoms with Gasteiger partial charge in [-0.3, -0.25) is 4.79 Å². The zero-order chi connectivity index (χ0) is 33.1. The number of hydrogen-bond acceptors (Lipinski definition) is 9. The third-order valence-corrected chi connectivity index (χ3v) is 9.06. The van der Waals surface area contributed by atoms with E-state index >= 15 is 0 Å². The van der Waals surface area contributed by atoms with Crippen LogP contribution in [0.15, 0.2) is 0 Å². The van der Waals surface area contributed by atoms with E-state index in [4.69, 9.17) is 15.2 Å². The lowest BCUT2D eigenvalue weighted by Gasteiger charge is -2.40. The highest BCUT2D eigenvalue weighted by molar-refractivity contribution is 5.76. The topological polar surface area (TPSA) is 175 Å². The normalized spacial score (nSPS) is 23.2. The second-order valence-corrected chi connectivity index (χ2v) is 13.2. The van der Waals surface area contributed by atoms with Crippen molar-refractivity contribution in [2.75, 3.05) is 19.8 Å². The van der Waals surface area contributed by atoms with Crippen LogP contribution >= 0.6 is 0 Å². The average Bonchev–Trinajstić information content (AvgIpc) is 3.04.